The number of fused-ring (bicyclic) bond motifs is 1. The molecule has 0 saturated heterocycles. The van der Waals surface area contributed by atoms with Gasteiger partial charge in [-0.15, -0.1) is 0 Å². The minimum absolute atomic E-state index is 0.730. The molecule has 2 aromatic carbocycles. The Bertz CT molecular complexity index is 665. The summed E-state index contributed by atoms with van der Waals surface area (Å²) in [6.07, 6.45) is 2.39. The molecule has 0 radical (unpaired) electrons. The maximum absolute atomic E-state index is 8.82. The Kier molecular flexibility index (Phi) is 6.38. The molecule has 0 bridgehead atoms. The average Bonchev–Trinajstić information content (AvgIpc) is 2.56. The standard InChI is InChI=1S/C18H18N2.C3H8/c1-14-3-2-4-17-13-20(10-9-18(14)17)12-16-7-5-15(11-19)6-8-16;1-3-2/h2-8H,9-10,12-13H2,1H3;3H2,1-2H3. The summed E-state index contributed by atoms with van der Waals surface area (Å²) >= 11 is 0. The van der Waals surface area contributed by atoms with Gasteiger partial charge >= 0.3 is 0 Å². The maximum Gasteiger partial charge on any atom is 0.0991 e. The van der Waals surface area contributed by atoms with Crippen molar-refractivity contribution in [2.75, 3.05) is 6.54 Å². The van der Waals surface area contributed by atoms with Gasteiger partial charge in [0.2, 0.25) is 0 Å². The van der Waals surface area contributed by atoms with Crippen LogP contribution in [0.15, 0.2) is 42.5 Å². The van der Waals surface area contributed by atoms with Crippen LogP contribution in [0.25, 0.3) is 0 Å². The van der Waals surface area contributed by atoms with E-state index in [1.807, 2.05) is 12.1 Å². The number of aryl methyl sites for hydroxylation is 1. The van der Waals surface area contributed by atoms with Gasteiger partial charge in [0.15, 0.2) is 0 Å². The van der Waals surface area contributed by atoms with Gasteiger partial charge in [-0.1, -0.05) is 50.6 Å². The first-order valence-electron chi connectivity index (χ1n) is 8.46. The Morgan fingerprint density at radius 3 is 2.43 bits per heavy atom. The van der Waals surface area contributed by atoms with E-state index < -0.39 is 0 Å². The molecule has 1 aliphatic rings. The Hall–Kier alpha value is -2.11. The summed E-state index contributed by atoms with van der Waals surface area (Å²) in [6.45, 7) is 9.54. The van der Waals surface area contributed by atoms with Crippen molar-refractivity contribution in [3.8, 4) is 6.07 Å². The fourth-order valence-corrected chi connectivity index (χ4v) is 2.94. The number of nitriles is 1. The third kappa shape index (κ3) is 4.68. The monoisotopic (exact) mass is 306 g/mol. The molecular weight excluding hydrogens is 280 g/mol. The molecule has 0 fully saturated rings. The highest BCUT2D eigenvalue weighted by Gasteiger charge is 2.17. The second-order valence-electron chi connectivity index (χ2n) is 6.19. The Morgan fingerprint density at radius 2 is 1.78 bits per heavy atom. The molecule has 0 saturated carbocycles. The van der Waals surface area contributed by atoms with Crippen molar-refractivity contribution in [3.63, 3.8) is 0 Å². The second-order valence-corrected chi connectivity index (χ2v) is 6.19. The average molecular weight is 306 g/mol. The van der Waals surface area contributed by atoms with Crippen molar-refractivity contribution < 1.29 is 0 Å². The molecule has 120 valence electrons. The van der Waals surface area contributed by atoms with E-state index in [1.54, 1.807) is 0 Å². The van der Waals surface area contributed by atoms with Gasteiger partial charge in [0.1, 0.15) is 0 Å². The molecule has 1 aliphatic heterocycles. The van der Waals surface area contributed by atoms with Crippen molar-refractivity contribution in [1.29, 1.82) is 5.26 Å². The predicted molar refractivity (Wildman–Crippen MR) is 96.1 cm³/mol. The summed E-state index contributed by atoms with van der Waals surface area (Å²) in [4.78, 5) is 2.48. The summed E-state index contributed by atoms with van der Waals surface area (Å²) in [6, 6.07) is 16.7. The number of hydrogen-bond acceptors (Lipinski definition) is 2. The Balaban J connectivity index is 0.000000595. The van der Waals surface area contributed by atoms with E-state index in [9.17, 15) is 0 Å². The molecule has 0 N–H and O–H groups in total. The first-order chi connectivity index (χ1) is 11.2. The highest BCUT2D eigenvalue weighted by Crippen LogP contribution is 2.23. The number of benzene rings is 2. The van der Waals surface area contributed by atoms with Crippen LogP contribution in [0.1, 0.15) is 48.1 Å². The molecule has 2 heteroatoms. The van der Waals surface area contributed by atoms with Crippen molar-refractivity contribution in [3.05, 3.63) is 70.3 Å². The van der Waals surface area contributed by atoms with Crippen LogP contribution >= 0.6 is 0 Å². The summed E-state index contributed by atoms with van der Waals surface area (Å²) in [5, 5.41) is 8.82. The lowest BCUT2D eigenvalue weighted by Crippen LogP contribution is -2.30. The van der Waals surface area contributed by atoms with Gasteiger partial charge in [-0.25, -0.2) is 0 Å². The molecule has 0 spiro atoms. The van der Waals surface area contributed by atoms with E-state index in [0.717, 1.165) is 31.6 Å². The van der Waals surface area contributed by atoms with E-state index in [0.29, 0.717) is 0 Å². The third-order valence-corrected chi connectivity index (χ3v) is 4.07. The van der Waals surface area contributed by atoms with Gasteiger partial charge in [-0.05, 0) is 47.7 Å². The molecule has 0 amide bonds. The highest BCUT2D eigenvalue weighted by molar-refractivity contribution is 5.36. The Morgan fingerprint density at radius 1 is 1.09 bits per heavy atom. The summed E-state index contributed by atoms with van der Waals surface area (Å²) in [5.74, 6) is 0. The summed E-state index contributed by atoms with van der Waals surface area (Å²) in [5.41, 5.74) is 6.42. The highest BCUT2D eigenvalue weighted by atomic mass is 15.1. The smallest absolute Gasteiger partial charge is 0.0991 e. The van der Waals surface area contributed by atoms with Crippen LogP contribution in [-0.4, -0.2) is 11.4 Å². The van der Waals surface area contributed by atoms with Crippen LogP contribution in [0, 0.1) is 18.3 Å². The zero-order valence-corrected chi connectivity index (χ0v) is 14.5. The topological polar surface area (TPSA) is 27.0 Å². The van der Waals surface area contributed by atoms with Crippen LogP contribution in [-0.2, 0) is 19.5 Å². The lowest BCUT2D eigenvalue weighted by molar-refractivity contribution is 0.245. The van der Waals surface area contributed by atoms with E-state index in [-0.39, 0.29) is 0 Å². The first kappa shape index (κ1) is 17.2. The number of rotatable bonds is 2. The molecule has 2 nitrogen and oxygen atoms in total. The van der Waals surface area contributed by atoms with Gasteiger partial charge < -0.3 is 0 Å². The Labute approximate surface area is 140 Å². The minimum atomic E-state index is 0.730. The fourth-order valence-electron chi connectivity index (χ4n) is 2.94. The van der Waals surface area contributed by atoms with Gasteiger partial charge in [0.05, 0.1) is 11.6 Å². The maximum atomic E-state index is 8.82. The number of nitrogens with zero attached hydrogens (tertiary/aromatic N) is 2. The molecule has 3 rings (SSSR count). The van der Waals surface area contributed by atoms with Gasteiger partial charge in [0.25, 0.3) is 0 Å². The first-order valence-corrected chi connectivity index (χ1v) is 8.46. The summed E-state index contributed by atoms with van der Waals surface area (Å²) < 4.78 is 0. The largest absolute Gasteiger partial charge is 0.294 e. The van der Waals surface area contributed by atoms with Crippen LogP contribution in [0.4, 0.5) is 0 Å². The second kappa shape index (κ2) is 8.50. The molecule has 0 atom stereocenters. The molecule has 23 heavy (non-hydrogen) atoms. The van der Waals surface area contributed by atoms with Crippen LogP contribution in [0.3, 0.4) is 0 Å². The SMILES string of the molecule is CCC.Cc1cccc2c1CCN(Cc1ccc(C#N)cc1)C2. The van der Waals surface area contributed by atoms with E-state index in [2.05, 4.69) is 62.1 Å². The zero-order valence-electron chi connectivity index (χ0n) is 14.5. The lowest BCUT2D eigenvalue weighted by Gasteiger charge is -2.29. The molecule has 0 unspecified atom stereocenters. The van der Waals surface area contributed by atoms with Crippen molar-refractivity contribution in [2.24, 2.45) is 0 Å². The zero-order chi connectivity index (χ0) is 16.7. The molecule has 0 aliphatic carbocycles. The van der Waals surface area contributed by atoms with E-state index in [1.165, 1.54) is 28.7 Å². The van der Waals surface area contributed by atoms with Gasteiger partial charge in [0, 0.05) is 19.6 Å². The fraction of sp³-hybridized carbons (Fsp3) is 0.381. The van der Waals surface area contributed by atoms with Crippen LogP contribution in [0.5, 0.6) is 0 Å². The normalized spacial score (nSPS) is 13.5. The molecule has 1 heterocycles. The summed E-state index contributed by atoms with van der Waals surface area (Å²) in [7, 11) is 0. The van der Waals surface area contributed by atoms with Gasteiger partial charge in [-0.3, -0.25) is 4.90 Å². The minimum Gasteiger partial charge on any atom is -0.294 e. The van der Waals surface area contributed by atoms with Crippen LogP contribution in [0.2, 0.25) is 0 Å². The van der Waals surface area contributed by atoms with E-state index >= 15 is 0 Å². The van der Waals surface area contributed by atoms with E-state index in [4.69, 9.17) is 5.26 Å². The third-order valence-electron chi connectivity index (χ3n) is 4.07. The van der Waals surface area contributed by atoms with Crippen molar-refractivity contribution in [2.45, 2.75) is 46.7 Å². The molecule has 0 aromatic heterocycles. The lowest BCUT2D eigenvalue weighted by atomic mass is 9.95. The van der Waals surface area contributed by atoms with Crippen LogP contribution < -0.4 is 0 Å². The van der Waals surface area contributed by atoms with Gasteiger partial charge in [-0.2, -0.15) is 5.26 Å². The molecule has 2 aromatic rings. The molecular formula is C21H26N2. The number of hydrogen-bond donors (Lipinski definition) is 0. The predicted octanol–water partition coefficient (Wildman–Crippen LogP) is 4.84. The quantitative estimate of drug-likeness (QED) is 0.793. The van der Waals surface area contributed by atoms with Crippen molar-refractivity contribution >= 4 is 0 Å². The van der Waals surface area contributed by atoms with Crippen molar-refractivity contribution in [1.82, 2.24) is 4.90 Å².